The molecule has 0 aliphatic carbocycles. The van der Waals surface area contributed by atoms with Crippen LogP contribution in [0.3, 0.4) is 0 Å². The maximum Gasteiger partial charge on any atom is 0.165 e. The fourth-order valence-electron chi connectivity index (χ4n) is 2.58. The zero-order valence-electron chi connectivity index (χ0n) is 12.6. The molecule has 2 unspecified atom stereocenters. The highest BCUT2D eigenvalue weighted by Gasteiger charge is 2.17. The van der Waals surface area contributed by atoms with Crippen molar-refractivity contribution >= 4 is 0 Å². The number of para-hydroxylation sites is 1. The highest BCUT2D eigenvalue weighted by molar-refractivity contribution is 5.23. The molecule has 1 saturated heterocycles. The molecule has 0 amide bonds. The van der Waals surface area contributed by atoms with Crippen LogP contribution >= 0.6 is 0 Å². The average molecular weight is 296 g/mol. The van der Waals surface area contributed by atoms with Gasteiger partial charge in [-0.25, -0.2) is 4.39 Å². The first kappa shape index (κ1) is 16.2. The normalized spacial score (nSPS) is 18.6. The van der Waals surface area contributed by atoms with Crippen LogP contribution < -0.4 is 10.1 Å². The summed E-state index contributed by atoms with van der Waals surface area (Å²) >= 11 is 0. The van der Waals surface area contributed by atoms with Gasteiger partial charge < -0.3 is 15.2 Å². The Kier molecular flexibility index (Phi) is 6.42. The van der Waals surface area contributed by atoms with Crippen molar-refractivity contribution < 1.29 is 14.2 Å². The van der Waals surface area contributed by atoms with Gasteiger partial charge in [-0.05, 0) is 45.0 Å². The lowest BCUT2D eigenvalue weighted by Gasteiger charge is -2.24. The minimum atomic E-state index is -0.643. The lowest BCUT2D eigenvalue weighted by atomic mass is 10.3. The van der Waals surface area contributed by atoms with Gasteiger partial charge in [-0.1, -0.05) is 12.1 Å². The first-order valence-electron chi connectivity index (χ1n) is 7.67. The molecule has 4 nitrogen and oxygen atoms in total. The van der Waals surface area contributed by atoms with E-state index in [9.17, 15) is 9.50 Å². The zero-order valence-corrected chi connectivity index (χ0v) is 12.6. The first-order valence-corrected chi connectivity index (χ1v) is 7.67. The fraction of sp³-hybridized carbons (Fsp3) is 0.625. The minimum absolute atomic E-state index is 0.0893. The van der Waals surface area contributed by atoms with E-state index in [1.165, 1.54) is 32.0 Å². The Morgan fingerprint density at radius 3 is 2.71 bits per heavy atom. The third kappa shape index (κ3) is 5.26. The number of aliphatic hydroxyl groups excluding tert-OH is 1. The van der Waals surface area contributed by atoms with Crippen molar-refractivity contribution in [3.05, 3.63) is 30.1 Å². The third-order valence-corrected chi connectivity index (χ3v) is 3.85. The number of likely N-dealkylation sites (tertiary alicyclic amines) is 1. The van der Waals surface area contributed by atoms with Crippen LogP contribution in [0.25, 0.3) is 0 Å². The summed E-state index contributed by atoms with van der Waals surface area (Å²) in [6.07, 6.45) is 1.92. The number of nitrogens with zero attached hydrogens (tertiary/aromatic N) is 1. The predicted octanol–water partition coefficient (Wildman–Crippen LogP) is 1.64. The van der Waals surface area contributed by atoms with Gasteiger partial charge in [0.1, 0.15) is 12.7 Å². The molecular weight excluding hydrogens is 271 g/mol. The summed E-state index contributed by atoms with van der Waals surface area (Å²) in [5.41, 5.74) is 0. The third-order valence-electron chi connectivity index (χ3n) is 3.85. The van der Waals surface area contributed by atoms with E-state index in [0.29, 0.717) is 12.6 Å². The molecule has 0 saturated carbocycles. The quantitative estimate of drug-likeness (QED) is 0.765. The second kappa shape index (κ2) is 8.32. The molecule has 0 bridgehead atoms. The topological polar surface area (TPSA) is 44.7 Å². The summed E-state index contributed by atoms with van der Waals surface area (Å²) in [5.74, 6) is -0.220. The largest absolute Gasteiger partial charge is 0.488 e. The molecule has 1 aromatic carbocycles. The van der Waals surface area contributed by atoms with Crippen LogP contribution in [0, 0.1) is 5.82 Å². The zero-order chi connectivity index (χ0) is 15.1. The summed E-state index contributed by atoms with van der Waals surface area (Å²) in [6.45, 7) is 5.92. The molecule has 118 valence electrons. The maximum absolute atomic E-state index is 13.3. The average Bonchev–Trinajstić information content (AvgIpc) is 3.00. The first-order chi connectivity index (χ1) is 10.2. The predicted molar refractivity (Wildman–Crippen MR) is 81.0 cm³/mol. The summed E-state index contributed by atoms with van der Waals surface area (Å²) in [6, 6.07) is 6.70. The standard InChI is InChI=1S/C16H25FN2O2/c1-13(19-8-4-5-9-19)10-18-11-14(20)12-21-16-7-3-2-6-15(16)17/h2-3,6-7,13-14,18,20H,4-5,8-12H2,1H3. The van der Waals surface area contributed by atoms with Gasteiger partial charge in [0.25, 0.3) is 0 Å². The Hall–Kier alpha value is -1.17. The van der Waals surface area contributed by atoms with Gasteiger partial charge in [0.15, 0.2) is 11.6 Å². The van der Waals surface area contributed by atoms with Gasteiger partial charge in [-0.15, -0.1) is 0 Å². The molecule has 1 aliphatic heterocycles. The number of aliphatic hydroxyl groups is 1. The number of rotatable bonds is 8. The Morgan fingerprint density at radius 2 is 2.00 bits per heavy atom. The molecule has 5 heteroatoms. The van der Waals surface area contributed by atoms with Crippen LogP contribution in [-0.4, -0.2) is 54.9 Å². The number of hydrogen-bond donors (Lipinski definition) is 2. The van der Waals surface area contributed by atoms with Crippen LogP contribution in [0.1, 0.15) is 19.8 Å². The number of ether oxygens (including phenoxy) is 1. The lowest BCUT2D eigenvalue weighted by Crippen LogP contribution is -2.41. The summed E-state index contributed by atoms with van der Waals surface area (Å²) in [4.78, 5) is 2.45. The molecule has 1 heterocycles. The van der Waals surface area contributed by atoms with Crippen molar-refractivity contribution in [2.75, 3.05) is 32.8 Å². The van der Waals surface area contributed by atoms with E-state index in [0.717, 1.165) is 6.54 Å². The molecule has 0 spiro atoms. The summed E-state index contributed by atoms with van der Waals surface area (Å²) in [7, 11) is 0. The highest BCUT2D eigenvalue weighted by atomic mass is 19.1. The van der Waals surface area contributed by atoms with E-state index < -0.39 is 11.9 Å². The molecule has 0 radical (unpaired) electrons. The van der Waals surface area contributed by atoms with Crippen LogP contribution in [0.5, 0.6) is 5.75 Å². The van der Waals surface area contributed by atoms with E-state index in [1.54, 1.807) is 18.2 Å². The van der Waals surface area contributed by atoms with Gasteiger partial charge in [0, 0.05) is 19.1 Å². The Labute approximate surface area is 125 Å². The monoisotopic (exact) mass is 296 g/mol. The Morgan fingerprint density at radius 1 is 1.29 bits per heavy atom. The summed E-state index contributed by atoms with van der Waals surface area (Å²) < 4.78 is 18.6. The highest BCUT2D eigenvalue weighted by Crippen LogP contribution is 2.15. The van der Waals surface area contributed by atoms with Gasteiger partial charge >= 0.3 is 0 Å². The van der Waals surface area contributed by atoms with Crippen LogP contribution in [-0.2, 0) is 0 Å². The molecule has 1 aromatic rings. The van der Waals surface area contributed by atoms with Gasteiger partial charge in [0.2, 0.25) is 0 Å². The molecule has 2 atom stereocenters. The van der Waals surface area contributed by atoms with E-state index in [1.807, 2.05) is 0 Å². The van der Waals surface area contributed by atoms with E-state index in [4.69, 9.17) is 4.74 Å². The van der Waals surface area contributed by atoms with Crippen molar-refractivity contribution in [1.29, 1.82) is 0 Å². The van der Waals surface area contributed by atoms with Crippen LogP contribution in [0.4, 0.5) is 4.39 Å². The smallest absolute Gasteiger partial charge is 0.165 e. The molecule has 2 rings (SSSR count). The molecule has 2 N–H and O–H groups in total. The number of nitrogens with one attached hydrogen (secondary N) is 1. The van der Waals surface area contributed by atoms with Crippen molar-refractivity contribution in [2.45, 2.75) is 31.9 Å². The Balaban J connectivity index is 1.61. The minimum Gasteiger partial charge on any atom is -0.488 e. The van der Waals surface area contributed by atoms with E-state index in [-0.39, 0.29) is 12.4 Å². The van der Waals surface area contributed by atoms with Crippen molar-refractivity contribution in [1.82, 2.24) is 10.2 Å². The maximum atomic E-state index is 13.3. The lowest BCUT2D eigenvalue weighted by molar-refractivity contribution is 0.102. The van der Waals surface area contributed by atoms with Crippen LogP contribution in [0.15, 0.2) is 24.3 Å². The molecule has 1 aliphatic rings. The number of hydrogen-bond acceptors (Lipinski definition) is 4. The van der Waals surface area contributed by atoms with Gasteiger partial charge in [0.05, 0.1) is 0 Å². The van der Waals surface area contributed by atoms with Crippen molar-refractivity contribution in [2.24, 2.45) is 0 Å². The van der Waals surface area contributed by atoms with E-state index in [2.05, 4.69) is 17.1 Å². The second-order valence-corrected chi connectivity index (χ2v) is 5.65. The molecule has 0 aromatic heterocycles. The number of benzene rings is 1. The SMILES string of the molecule is CC(CNCC(O)COc1ccccc1F)N1CCCC1. The van der Waals surface area contributed by atoms with Gasteiger partial charge in [-0.2, -0.15) is 0 Å². The summed E-state index contributed by atoms with van der Waals surface area (Å²) in [5, 5.41) is 13.1. The van der Waals surface area contributed by atoms with Crippen molar-refractivity contribution in [3.63, 3.8) is 0 Å². The molecule has 21 heavy (non-hydrogen) atoms. The molecule has 1 fully saturated rings. The molecular formula is C16H25FN2O2. The van der Waals surface area contributed by atoms with Crippen molar-refractivity contribution in [3.8, 4) is 5.75 Å². The van der Waals surface area contributed by atoms with Gasteiger partial charge in [-0.3, -0.25) is 4.90 Å². The van der Waals surface area contributed by atoms with Crippen LogP contribution in [0.2, 0.25) is 0 Å². The second-order valence-electron chi connectivity index (χ2n) is 5.65. The Bertz CT molecular complexity index is 424. The van der Waals surface area contributed by atoms with E-state index >= 15 is 0 Å². The fourth-order valence-corrected chi connectivity index (χ4v) is 2.58. The number of halogens is 1.